The quantitative estimate of drug-likeness (QED) is 0.670. The van der Waals surface area contributed by atoms with Crippen LogP contribution in [0.25, 0.3) is 5.65 Å². The van der Waals surface area contributed by atoms with Gasteiger partial charge in [0, 0.05) is 25.6 Å². The van der Waals surface area contributed by atoms with Crippen LogP contribution in [0, 0.1) is 0 Å². The van der Waals surface area contributed by atoms with Gasteiger partial charge in [0.05, 0.1) is 18.9 Å². The zero-order valence-corrected chi connectivity index (χ0v) is 15.5. The van der Waals surface area contributed by atoms with Crippen molar-refractivity contribution in [1.82, 2.24) is 39.7 Å². The number of anilines is 1. The molecule has 0 saturated carbocycles. The van der Waals surface area contributed by atoms with Gasteiger partial charge in [-0.1, -0.05) is 0 Å². The molecule has 0 N–H and O–H groups in total. The van der Waals surface area contributed by atoms with Crippen molar-refractivity contribution in [3.8, 4) is 0 Å². The third-order valence-corrected chi connectivity index (χ3v) is 5.74. The summed E-state index contributed by atoms with van der Waals surface area (Å²) in [6.07, 6.45) is 8.13. The van der Waals surface area contributed by atoms with Crippen molar-refractivity contribution >= 4 is 11.5 Å². The molecule has 9 nitrogen and oxygen atoms in total. The van der Waals surface area contributed by atoms with Crippen molar-refractivity contribution in [3.63, 3.8) is 0 Å². The van der Waals surface area contributed by atoms with Crippen molar-refractivity contribution in [3.05, 3.63) is 30.4 Å². The minimum atomic E-state index is 0.417. The van der Waals surface area contributed by atoms with Gasteiger partial charge >= 0.3 is 0 Å². The highest BCUT2D eigenvalue weighted by atomic mass is 15.5. The largest absolute Gasteiger partial charge is 0.355 e. The Morgan fingerprint density at radius 1 is 0.889 bits per heavy atom. The van der Waals surface area contributed by atoms with Crippen molar-refractivity contribution in [2.24, 2.45) is 0 Å². The monoisotopic (exact) mass is 367 g/mol. The molecule has 5 rings (SSSR count). The molecule has 9 heteroatoms. The van der Waals surface area contributed by atoms with Gasteiger partial charge in [0.25, 0.3) is 0 Å². The number of hydrogen-bond acceptors (Lipinski definition) is 7. The summed E-state index contributed by atoms with van der Waals surface area (Å²) in [4.78, 5) is 6.59. The number of aromatic nitrogens is 7. The smallest absolute Gasteiger partial charge is 0.178 e. The lowest BCUT2D eigenvalue weighted by atomic mass is 9.96. The third kappa shape index (κ3) is 3.39. The Balaban J connectivity index is 1.26. The molecular formula is C18H25N9. The minimum absolute atomic E-state index is 0.417. The van der Waals surface area contributed by atoms with Crippen LogP contribution < -0.4 is 4.90 Å². The molecule has 2 aliphatic rings. The van der Waals surface area contributed by atoms with Gasteiger partial charge in [-0.3, -0.25) is 0 Å². The Bertz CT molecular complexity index is 874. The first-order chi connectivity index (χ1) is 13.4. The van der Waals surface area contributed by atoms with E-state index in [1.165, 1.54) is 12.8 Å². The molecule has 3 aromatic heterocycles. The molecule has 0 amide bonds. The molecule has 0 atom stereocenters. The number of fused-ring (bicyclic) bond motifs is 1. The number of piperidine rings is 1. The Kier molecular flexibility index (Phi) is 4.44. The maximum Gasteiger partial charge on any atom is 0.178 e. The Morgan fingerprint density at radius 3 is 2.44 bits per heavy atom. The maximum absolute atomic E-state index is 4.87. The van der Waals surface area contributed by atoms with Gasteiger partial charge in [0.2, 0.25) is 0 Å². The molecule has 27 heavy (non-hydrogen) atoms. The van der Waals surface area contributed by atoms with E-state index in [0.29, 0.717) is 5.92 Å². The van der Waals surface area contributed by atoms with Crippen LogP contribution in [0.3, 0.4) is 0 Å². The van der Waals surface area contributed by atoms with E-state index in [-0.39, 0.29) is 0 Å². The fourth-order valence-corrected chi connectivity index (χ4v) is 4.17. The maximum atomic E-state index is 4.87. The van der Waals surface area contributed by atoms with Gasteiger partial charge in [0.1, 0.15) is 5.82 Å². The lowest BCUT2D eigenvalue weighted by Gasteiger charge is -2.30. The number of hydrogen-bond donors (Lipinski definition) is 0. The summed E-state index contributed by atoms with van der Waals surface area (Å²) >= 11 is 0. The van der Waals surface area contributed by atoms with Crippen molar-refractivity contribution in [1.29, 1.82) is 0 Å². The second-order valence-electron chi connectivity index (χ2n) is 7.45. The minimum Gasteiger partial charge on any atom is -0.355 e. The molecule has 0 spiro atoms. The van der Waals surface area contributed by atoms with Crippen LogP contribution in [0.5, 0.6) is 0 Å². The summed E-state index contributed by atoms with van der Waals surface area (Å²) < 4.78 is 1.97. The van der Waals surface area contributed by atoms with Gasteiger partial charge in [-0.15, -0.1) is 15.3 Å². The molecular weight excluding hydrogens is 342 g/mol. The lowest BCUT2D eigenvalue weighted by molar-refractivity contribution is 0.196. The van der Waals surface area contributed by atoms with Crippen molar-refractivity contribution in [2.75, 3.05) is 37.6 Å². The molecule has 0 unspecified atom stereocenters. The van der Waals surface area contributed by atoms with Crippen LogP contribution in [0.4, 0.5) is 5.82 Å². The van der Waals surface area contributed by atoms with Crippen LogP contribution >= 0.6 is 0 Å². The molecule has 0 aliphatic carbocycles. The first-order valence-corrected chi connectivity index (χ1v) is 9.90. The molecule has 3 aromatic rings. The molecule has 142 valence electrons. The lowest BCUT2D eigenvalue weighted by Crippen LogP contribution is -2.36. The first-order valence-electron chi connectivity index (χ1n) is 9.90. The van der Waals surface area contributed by atoms with Gasteiger partial charge < -0.3 is 9.80 Å². The number of rotatable bonds is 5. The first kappa shape index (κ1) is 16.6. The van der Waals surface area contributed by atoms with E-state index in [9.17, 15) is 0 Å². The van der Waals surface area contributed by atoms with Crippen molar-refractivity contribution < 1.29 is 0 Å². The molecule has 2 aliphatic heterocycles. The van der Waals surface area contributed by atoms with E-state index in [2.05, 4.69) is 36.3 Å². The fraction of sp³-hybridized carbons (Fsp3) is 0.611. The van der Waals surface area contributed by atoms with E-state index in [0.717, 1.165) is 69.4 Å². The van der Waals surface area contributed by atoms with Crippen LogP contribution in [0.2, 0.25) is 0 Å². The number of nitrogens with zero attached hydrogens (tertiary/aromatic N) is 9. The molecule has 2 fully saturated rings. The van der Waals surface area contributed by atoms with Gasteiger partial charge in [0.15, 0.2) is 11.5 Å². The second kappa shape index (κ2) is 7.22. The normalized spacial score (nSPS) is 19.3. The highest BCUT2D eigenvalue weighted by Crippen LogP contribution is 2.27. The van der Waals surface area contributed by atoms with E-state index in [1.807, 2.05) is 10.6 Å². The summed E-state index contributed by atoms with van der Waals surface area (Å²) in [7, 11) is 0. The van der Waals surface area contributed by atoms with Gasteiger partial charge in [-0.05, 0) is 50.9 Å². The average molecular weight is 367 g/mol. The topological polar surface area (TPSA) is 80.3 Å². The molecule has 0 radical (unpaired) electrons. The Hall–Kier alpha value is -2.55. The predicted octanol–water partition coefficient (Wildman–Crippen LogP) is 1.20. The zero-order chi connectivity index (χ0) is 18.1. The molecule has 5 heterocycles. The summed E-state index contributed by atoms with van der Waals surface area (Å²) in [6.45, 7) is 6.14. The Labute approximate surface area is 158 Å². The van der Waals surface area contributed by atoms with Crippen LogP contribution in [0.1, 0.15) is 37.4 Å². The molecule has 0 aromatic carbocycles. The Morgan fingerprint density at radius 2 is 1.67 bits per heavy atom. The highest BCUT2D eigenvalue weighted by Gasteiger charge is 2.25. The van der Waals surface area contributed by atoms with E-state index in [4.69, 9.17) is 5.10 Å². The van der Waals surface area contributed by atoms with Gasteiger partial charge in [-0.2, -0.15) is 19.5 Å². The van der Waals surface area contributed by atoms with Crippen LogP contribution in [-0.4, -0.2) is 72.4 Å². The standard InChI is InChI=1S/C18H25N9/c1-2-10-25(9-1)17-4-3-16-21-22-18(27(16)23-17)15-5-11-24(12-6-15)13-14-26-19-7-8-20-26/h3-4,7-8,15H,1-2,5-6,9-14H2. The van der Waals surface area contributed by atoms with E-state index >= 15 is 0 Å². The van der Waals surface area contributed by atoms with Gasteiger partial charge in [-0.25, -0.2) is 0 Å². The number of likely N-dealkylation sites (tertiary alicyclic amines) is 1. The summed E-state index contributed by atoms with van der Waals surface area (Å²) in [5.74, 6) is 2.48. The highest BCUT2D eigenvalue weighted by molar-refractivity contribution is 5.46. The second-order valence-corrected chi connectivity index (χ2v) is 7.45. The summed E-state index contributed by atoms with van der Waals surface area (Å²) in [6, 6.07) is 4.12. The SMILES string of the molecule is c1cnn(CCN2CCC(c3nnc4ccc(N5CCCC5)nn34)CC2)n1. The summed E-state index contributed by atoms with van der Waals surface area (Å²) in [5, 5.41) is 22.1. The summed E-state index contributed by atoms with van der Waals surface area (Å²) in [5.41, 5.74) is 0.847. The molecule has 2 saturated heterocycles. The van der Waals surface area contributed by atoms with Crippen LogP contribution in [0.15, 0.2) is 24.5 Å². The van der Waals surface area contributed by atoms with Crippen LogP contribution in [-0.2, 0) is 6.54 Å². The van der Waals surface area contributed by atoms with E-state index in [1.54, 1.807) is 17.2 Å². The third-order valence-electron chi connectivity index (χ3n) is 5.74. The molecule has 0 bridgehead atoms. The fourth-order valence-electron chi connectivity index (χ4n) is 4.17. The van der Waals surface area contributed by atoms with E-state index < -0.39 is 0 Å². The van der Waals surface area contributed by atoms with Crippen molar-refractivity contribution in [2.45, 2.75) is 38.1 Å². The average Bonchev–Trinajstić information content (AvgIpc) is 3.48. The predicted molar refractivity (Wildman–Crippen MR) is 101 cm³/mol. The zero-order valence-electron chi connectivity index (χ0n) is 15.5.